The van der Waals surface area contributed by atoms with Crippen LogP contribution in [-0.2, 0) is 11.8 Å². The molecule has 4 aromatic rings. The lowest BCUT2D eigenvalue weighted by atomic mass is 9.98. The van der Waals surface area contributed by atoms with E-state index >= 15 is 0 Å². The Hall–Kier alpha value is -4.28. The molecule has 2 aliphatic rings. The summed E-state index contributed by atoms with van der Waals surface area (Å²) in [5.74, 6) is -2.01. The van der Waals surface area contributed by atoms with Gasteiger partial charge in [0, 0.05) is 24.5 Å². The second-order valence-corrected chi connectivity index (χ2v) is 10.2. The number of nitrogens with zero attached hydrogens (tertiary/aromatic N) is 3. The average Bonchev–Trinajstić information content (AvgIpc) is 3.33. The maximum Gasteiger partial charge on any atom is 0.292 e. The molecule has 10 heteroatoms. The number of aromatic nitrogens is 2. The Bertz CT molecular complexity index is 1580. The summed E-state index contributed by atoms with van der Waals surface area (Å²) in [6.45, 7) is 2.45. The van der Waals surface area contributed by atoms with Crippen LogP contribution in [0.4, 0.5) is 4.39 Å². The van der Waals surface area contributed by atoms with Gasteiger partial charge in [-0.15, -0.1) is 0 Å². The summed E-state index contributed by atoms with van der Waals surface area (Å²) < 4.78 is 27.3. The zero-order valence-electron chi connectivity index (χ0n) is 22.0. The molecule has 0 spiro atoms. The van der Waals surface area contributed by atoms with Crippen LogP contribution in [0.2, 0.25) is 0 Å². The van der Waals surface area contributed by atoms with Crippen LogP contribution in [0.15, 0.2) is 60.8 Å². The Labute approximate surface area is 230 Å². The number of hydrogen-bond donors (Lipinski definition) is 2. The monoisotopic (exact) mass is 544 g/mol. The molecule has 9 nitrogen and oxygen atoms in total. The second-order valence-electron chi connectivity index (χ2n) is 10.2. The normalized spacial score (nSPS) is 16.3. The first-order chi connectivity index (χ1) is 19.4. The van der Waals surface area contributed by atoms with Crippen molar-refractivity contribution in [3.05, 3.63) is 77.7 Å². The number of rotatable bonds is 8. The number of carbonyl (C=O) groups is 2. The molecular formula is C30H29FN4O5. The number of aliphatic hydroxyl groups excluding tert-OH is 1. The third-order valence-corrected chi connectivity index (χ3v) is 7.49. The van der Waals surface area contributed by atoms with E-state index in [9.17, 15) is 19.1 Å². The fourth-order valence-electron chi connectivity index (χ4n) is 5.12. The Morgan fingerprint density at radius 2 is 1.80 bits per heavy atom. The van der Waals surface area contributed by atoms with Gasteiger partial charge in [-0.25, -0.2) is 4.39 Å². The van der Waals surface area contributed by atoms with Gasteiger partial charge in [0.05, 0.1) is 17.8 Å². The molecule has 1 aromatic heterocycles. The molecule has 0 saturated carbocycles. The molecule has 6 rings (SSSR count). The quantitative estimate of drug-likeness (QED) is 0.259. The number of hydrogen-bond acceptors (Lipinski definition) is 7. The number of aryl methyl sites for hydroxylation is 1. The summed E-state index contributed by atoms with van der Waals surface area (Å²) >= 11 is 0. The molecule has 3 aromatic carbocycles. The summed E-state index contributed by atoms with van der Waals surface area (Å²) in [6, 6.07) is 14.7. The molecule has 40 heavy (non-hydrogen) atoms. The van der Waals surface area contributed by atoms with E-state index in [-0.39, 0.29) is 35.8 Å². The molecule has 1 fully saturated rings. The number of nitrogens with one attached hydrogen (secondary N) is 1. The van der Waals surface area contributed by atoms with Crippen molar-refractivity contribution in [3.63, 3.8) is 0 Å². The highest BCUT2D eigenvalue weighted by atomic mass is 19.1. The maximum absolute atomic E-state index is 14.7. The molecule has 0 aliphatic carbocycles. The molecule has 2 aliphatic heterocycles. The number of amides is 1. The standard InChI is InChI=1S/C30H29FN4O5/c1-34-25-8-7-20(13-22(25)16-32-34)18-3-5-19(6-4-18)28(37)30(38)33-24(17-35-9-2-10-35)27(36)21-14-23(31)29-26(15-21)39-11-12-40-29/h3-8,13-16,24,27,36H,2,9-12,17H2,1H3,(H,33,38). The molecule has 1 saturated heterocycles. The van der Waals surface area contributed by atoms with E-state index in [2.05, 4.69) is 15.3 Å². The van der Waals surface area contributed by atoms with Crippen LogP contribution in [-0.4, -0.2) is 70.4 Å². The van der Waals surface area contributed by atoms with Crippen LogP contribution < -0.4 is 14.8 Å². The number of likely N-dealkylation sites (tertiary alicyclic amines) is 1. The van der Waals surface area contributed by atoms with Crippen molar-refractivity contribution in [1.29, 1.82) is 0 Å². The van der Waals surface area contributed by atoms with E-state index in [0.717, 1.165) is 41.5 Å². The van der Waals surface area contributed by atoms with Gasteiger partial charge in [0.2, 0.25) is 5.78 Å². The lowest BCUT2D eigenvalue weighted by Crippen LogP contribution is -2.52. The molecule has 3 heterocycles. The highest BCUT2D eigenvalue weighted by Gasteiger charge is 2.31. The summed E-state index contributed by atoms with van der Waals surface area (Å²) in [7, 11) is 1.88. The zero-order valence-corrected chi connectivity index (χ0v) is 22.0. The minimum absolute atomic E-state index is 0.00418. The van der Waals surface area contributed by atoms with E-state index in [1.165, 1.54) is 12.1 Å². The predicted octanol–water partition coefficient (Wildman–Crippen LogP) is 3.26. The molecule has 0 radical (unpaired) electrons. The highest BCUT2D eigenvalue weighted by molar-refractivity contribution is 6.42. The van der Waals surface area contributed by atoms with Gasteiger partial charge in [0.15, 0.2) is 17.3 Å². The van der Waals surface area contributed by atoms with Crippen LogP contribution in [0.3, 0.4) is 0 Å². The summed E-state index contributed by atoms with van der Waals surface area (Å²) in [5, 5.41) is 19.2. The minimum Gasteiger partial charge on any atom is -0.486 e. The highest BCUT2D eigenvalue weighted by Crippen LogP contribution is 2.36. The lowest BCUT2D eigenvalue weighted by molar-refractivity contribution is -0.118. The number of aliphatic hydroxyl groups is 1. The van der Waals surface area contributed by atoms with E-state index in [0.29, 0.717) is 6.54 Å². The molecule has 2 atom stereocenters. The van der Waals surface area contributed by atoms with Gasteiger partial charge in [-0.3, -0.25) is 14.3 Å². The number of halogens is 1. The van der Waals surface area contributed by atoms with Crippen molar-refractivity contribution >= 4 is 22.6 Å². The van der Waals surface area contributed by atoms with Gasteiger partial charge in [-0.2, -0.15) is 5.10 Å². The first kappa shape index (κ1) is 26.0. The third kappa shape index (κ3) is 5.03. The molecule has 206 valence electrons. The van der Waals surface area contributed by atoms with Gasteiger partial charge >= 0.3 is 0 Å². The number of ether oxygens (including phenoxy) is 2. The van der Waals surface area contributed by atoms with Crippen molar-refractivity contribution in [3.8, 4) is 22.6 Å². The third-order valence-electron chi connectivity index (χ3n) is 7.49. The van der Waals surface area contributed by atoms with E-state index < -0.39 is 29.7 Å². The predicted molar refractivity (Wildman–Crippen MR) is 146 cm³/mol. The molecular weight excluding hydrogens is 515 g/mol. The van der Waals surface area contributed by atoms with Crippen LogP contribution >= 0.6 is 0 Å². The first-order valence-corrected chi connectivity index (χ1v) is 13.2. The molecule has 2 unspecified atom stereocenters. The number of ketones is 1. The summed E-state index contributed by atoms with van der Waals surface area (Å²) in [6.07, 6.45) is 1.53. The Balaban J connectivity index is 1.18. The largest absolute Gasteiger partial charge is 0.486 e. The number of benzene rings is 3. The van der Waals surface area contributed by atoms with Crippen molar-refractivity contribution < 1.29 is 28.6 Å². The average molecular weight is 545 g/mol. The van der Waals surface area contributed by atoms with Gasteiger partial charge < -0.3 is 24.8 Å². The van der Waals surface area contributed by atoms with Crippen molar-refractivity contribution in [2.24, 2.45) is 7.05 Å². The number of carbonyl (C=O) groups excluding carboxylic acids is 2. The molecule has 0 bridgehead atoms. The lowest BCUT2D eigenvalue weighted by Gasteiger charge is -2.36. The van der Waals surface area contributed by atoms with Crippen LogP contribution in [0.1, 0.15) is 28.4 Å². The van der Waals surface area contributed by atoms with Crippen LogP contribution in [0, 0.1) is 5.82 Å². The van der Waals surface area contributed by atoms with Gasteiger partial charge in [-0.1, -0.05) is 30.3 Å². The fraction of sp³-hybridized carbons (Fsp3) is 0.300. The number of fused-ring (bicyclic) bond motifs is 2. The van der Waals surface area contributed by atoms with Crippen molar-refractivity contribution in [2.75, 3.05) is 32.8 Å². The first-order valence-electron chi connectivity index (χ1n) is 13.2. The Morgan fingerprint density at radius 3 is 2.55 bits per heavy atom. The summed E-state index contributed by atoms with van der Waals surface area (Å²) in [4.78, 5) is 28.2. The Kier molecular flexibility index (Phi) is 6.95. The van der Waals surface area contributed by atoms with Gasteiger partial charge in [-0.05, 0) is 60.5 Å². The summed E-state index contributed by atoms with van der Waals surface area (Å²) in [5.41, 5.74) is 3.34. The smallest absolute Gasteiger partial charge is 0.292 e. The van der Waals surface area contributed by atoms with Crippen LogP contribution in [0.5, 0.6) is 11.5 Å². The molecule has 1 amide bonds. The van der Waals surface area contributed by atoms with Gasteiger partial charge in [0.25, 0.3) is 5.91 Å². The van der Waals surface area contributed by atoms with Crippen LogP contribution in [0.25, 0.3) is 22.0 Å². The van der Waals surface area contributed by atoms with E-state index in [1.54, 1.807) is 35.1 Å². The Morgan fingerprint density at radius 1 is 1.05 bits per heavy atom. The van der Waals surface area contributed by atoms with Crippen molar-refractivity contribution in [2.45, 2.75) is 18.6 Å². The SMILES string of the molecule is Cn1ncc2cc(-c3ccc(C(=O)C(=O)NC(CN4CCC4)C(O)c4cc(F)c5c(c4)OCCO5)cc3)ccc21. The van der Waals surface area contributed by atoms with Gasteiger partial charge in [0.1, 0.15) is 19.3 Å². The minimum atomic E-state index is -1.27. The number of Topliss-reactive ketones (excluding diaryl/α,β-unsaturated/α-hetero) is 1. The zero-order chi connectivity index (χ0) is 27.8. The van der Waals surface area contributed by atoms with E-state index in [1.807, 2.05) is 25.2 Å². The second kappa shape index (κ2) is 10.7. The molecule has 2 N–H and O–H groups in total. The fourth-order valence-corrected chi connectivity index (χ4v) is 5.12. The maximum atomic E-state index is 14.7. The topological polar surface area (TPSA) is 106 Å². The van der Waals surface area contributed by atoms with E-state index in [4.69, 9.17) is 9.47 Å². The van der Waals surface area contributed by atoms with Crippen molar-refractivity contribution in [1.82, 2.24) is 20.0 Å².